The molecule has 152 valence electrons. The first-order valence-corrected chi connectivity index (χ1v) is 8.99. The van der Waals surface area contributed by atoms with Crippen molar-refractivity contribution in [3.63, 3.8) is 0 Å². The van der Waals surface area contributed by atoms with E-state index in [1.807, 2.05) is 0 Å². The Kier molecular flexibility index (Phi) is 4.34. The number of Topliss-reactive ketones (excluding diaryl/α,β-unsaturated/α-hetero) is 1. The first-order chi connectivity index (χ1) is 14.2. The molecule has 0 aliphatic carbocycles. The number of amides is 2. The van der Waals surface area contributed by atoms with E-state index in [1.54, 1.807) is 37.5 Å². The van der Waals surface area contributed by atoms with Gasteiger partial charge in [0, 0.05) is 35.2 Å². The molecule has 1 aromatic carbocycles. The van der Waals surface area contributed by atoms with Gasteiger partial charge >= 0.3 is 0 Å². The maximum Gasteiger partial charge on any atom is 0.270 e. The summed E-state index contributed by atoms with van der Waals surface area (Å²) in [6.07, 6.45) is 0. The van der Waals surface area contributed by atoms with Crippen molar-refractivity contribution in [2.24, 2.45) is 0 Å². The maximum atomic E-state index is 12.9. The molecule has 0 atom stereocenters. The van der Waals surface area contributed by atoms with Gasteiger partial charge in [0.15, 0.2) is 11.6 Å². The van der Waals surface area contributed by atoms with Gasteiger partial charge in [-0.25, -0.2) is 0 Å². The predicted octanol–water partition coefficient (Wildman–Crippen LogP) is 2.78. The number of hydrogen-bond donors (Lipinski definition) is 0. The fraction of sp³-hybridized carbons (Fsp3) is 0.200. The zero-order chi connectivity index (χ0) is 21.7. The Balaban J connectivity index is 1.63. The van der Waals surface area contributed by atoms with Gasteiger partial charge in [0.2, 0.25) is 0 Å². The third kappa shape index (κ3) is 2.89. The van der Waals surface area contributed by atoms with Crippen LogP contribution in [0.5, 0.6) is 0 Å². The Hall–Kier alpha value is -4.08. The minimum atomic E-state index is -0.729. The fourth-order valence-electron chi connectivity index (χ4n) is 3.62. The standard InChI is InChI=1S/C20H16N4O6/c1-10-6-15(12(3)23(10)18-7-11(2)30-21-18)17(25)9-22-19(26)14-5-4-13(24(28)29)8-16(14)20(22)27/h4-8H,9H2,1-3H3. The molecular weight excluding hydrogens is 392 g/mol. The molecule has 0 saturated carbocycles. The fourth-order valence-corrected chi connectivity index (χ4v) is 3.62. The summed E-state index contributed by atoms with van der Waals surface area (Å²) in [5, 5.41) is 14.9. The van der Waals surface area contributed by atoms with Crippen LogP contribution in [-0.2, 0) is 0 Å². The number of fused-ring (bicyclic) bond motifs is 1. The van der Waals surface area contributed by atoms with Gasteiger partial charge in [-0.15, -0.1) is 0 Å². The van der Waals surface area contributed by atoms with E-state index < -0.39 is 29.1 Å². The molecule has 0 bridgehead atoms. The van der Waals surface area contributed by atoms with Crippen LogP contribution in [-0.4, -0.2) is 43.7 Å². The van der Waals surface area contributed by atoms with Crippen molar-refractivity contribution in [1.29, 1.82) is 0 Å². The van der Waals surface area contributed by atoms with Gasteiger partial charge in [0.1, 0.15) is 5.76 Å². The second kappa shape index (κ2) is 6.76. The van der Waals surface area contributed by atoms with Gasteiger partial charge in [-0.05, 0) is 32.9 Å². The summed E-state index contributed by atoms with van der Waals surface area (Å²) in [5.41, 5.74) is 1.35. The summed E-state index contributed by atoms with van der Waals surface area (Å²) in [6.45, 7) is 4.82. The minimum Gasteiger partial charge on any atom is -0.360 e. The summed E-state index contributed by atoms with van der Waals surface area (Å²) in [5.74, 6) is -0.675. The number of carbonyl (C=O) groups excluding carboxylic acids is 3. The summed E-state index contributed by atoms with van der Waals surface area (Å²) in [6, 6.07) is 6.83. The van der Waals surface area contributed by atoms with Crippen molar-refractivity contribution in [1.82, 2.24) is 14.6 Å². The summed E-state index contributed by atoms with van der Waals surface area (Å²) in [4.78, 5) is 49.3. The van der Waals surface area contributed by atoms with Gasteiger partial charge in [0.25, 0.3) is 17.5 Å². The van der Waals surface area contributed by atoms with Crippen LogP contribution in [0.3, 0.4) is 0 Å². The van der Waals surface area contributed by atoms with Crippen LogP contribution in [0, 0.1) is 30.9 Å². The summed E-state index contributed by atoms with van der Waals surface area (Å²) in [7, 11) is 0. The lowest BCUT2D eigenvalue weighted by Crippen LogP contribution is -2.35. The number of ketones is 1. The topological polar surface area (TPSA) is 129 Å². The van der Waals surface area contributed by atoms with E-state index in [9.17, 15) is 24.5 Å². The smallest absolute Gasteiger partial charge is 0.270 e. The van der Waals surface area contributed by atoms with E-state index in [0.717, 1.165) is 22.7 Å². The molecule has 4 rings (SSSR count). The molecule has 0 radical (unpaired) electrons. The van der Waals surface area contributed by atoms with Crippen LogP contribution in [0.15, 0.2) is 34.9 Å². The summed E-state index contributed by atoms with van der Waals surface area (Å²) < 4.78 is 6.84. The molecule has 1 aliphatic heterocycles. The third-order valence-electron chi connectivity index (χ3n) is 5.04. The van der Waals surface area contributed by atoms with E-state index in [2.05, 4.69) is 5.16 Å². The zero-order valence-electron chi connectivity index (χ0n) is 16.3. The molecule has 0 N–H and O–H groups in total. The molecular formula is C20H16N4O6. The van der Waals surface area contributed by atoms with Crippen molar-refractivity contribution in [2.75, 3.05) is 6.54 Å². The Morgan fingerprint density at radius 2 is 1.80 bits per heavy atom. The van der Waals surface area contributed by atoms with Crippen LogP contribution in [0.25, 0.3) is 5.82 Å². The Morgan fingerprint density at radius 1 is 1.10 bits per heavy atom. The van der Waals surface area contributed by atoms with E-state index in [-0.39, 0.29) is 16.8 Å². The summed E-state index contributed by atoms with van der Waals surface area (Å²) >= 11 is 0. The second-order valence-corrected chi connectivity index (χ2v) is 7.02. The zero-order valence-corrected chi connectivity index (χ0v) is 16.3. The molecule has 30 heavy (non-hydrogen) atoms. The van der Waals surface area contributed by atoms with Gasteiger partial charge in [0.05, 0.1) is 22.6 Å². The van der Waals surface area contributed by atoms with E-state index in [0.29, 0.717) is 22.8 Å². The average molecular weight is 408 g/mol. The second-order valence-electron chi connectivity index (χ2n) is 7.02. The number of nitrogens with zero attached hydrogens (tertiary/aromatic N) is 4. The molecule has 0 fully saturated rings. The number of aromatic nitrogens is 2. The van der Waals surface area contributed by atoms with Crippen molar-refractivity contribution in [3.8, 4) is 5.82 Å². The molecule has 3 heterocycles. The van der Waals surface area contributed by atoms with E-state index in [4.69, 9.17) is 4.52 Å². The van der Waals surface area contributed by atoms with Gasteiger partial charge in [-0.2, -0.15) is 0 Å². The van der Waals surface area contributed by atoms with Crippen molar-refractivity contribution < 1.29 is 23.8 Å². The van der Waals surface area contributed by atoms with Crippen molar-refractivity contribution >= 4 is 23.3 Å². The number of aryl methyl sites for hydroxylation is 2. The van der Waals surface area contributed by atoms with Gasteiger partial charge < -0.3 is 4.52 Å². The van der Waals surface area contributed by atoms with Crippen LogP contribution in [0.4, 0.5) is 5.69 Å². The first kappa shape index (κ1) is 19.2. The Bertz CT molecular complexity index is 1250. The third-order valence-corrected chi connectivity index (χ3v) is 5.04. The molecule has 0 spiro atoms. The Labute approximate surface area is 169 Å². The van der Waals surface area contributed by atoms with E-state index >= 15 is 0 Å². The number of imide groups is 1. The molecule has 2 aromatic heterocycles. The number of hydrogen-bond acceptors (Lipinski definition) is 7. The molecule has 0 unspecified atom stereocenters. The minimum absolute atomic E-state index is 0.0435. The average Bonchev–Trinajstić information content (AvgIpc) is 3.32. The van der Waals surface area contributed by atoms with Gasteiger partial charge in [-0.3, -0.25) is 34.0 Å². The maximum absolute atomic E-state index is 12.9. The van der Waals surface area contributed by atoms with Crippen molar-refractivity contribution in [3.05, 3.63) is 74.3 Å². The highest BCUT2D eigenvalue weighted by Gasteiger charge is 2.38. The monoisotopic (exact) mass is 408 g/mol. The number of non-ortho nitro benzene ring substituents is 1. The SMILES string of the molecule is Cc1cc(-n2c(C)cc(C(=O)CN3C(=O)c4ccc([N+](=O)[O-])cc4C3=O)c2C)no1. The quantitative estimate of drug-likeness (QED) is 0.275. The Morgan fingerprint density at radius 3 is 2.43 bits per heavy atom. The molecule has 1 aliphatic rings. The highest BCUT2D eigenvalue weighted by atomic mass is 16.6. The molecule has 3 aromatic rings. The van der Waals surface area contributed by atoms with Crippen LogP contribution < -0.4 is 0 Å². The number of carbonyl (C=O) groups is 3. The number of benzene rings is 1. The predicted molar refractivity (Wildman–Crippen MR) is 103 cm³/mol. The van der Waals surface area contributed by atoms with Gasteiger partial charge in [-0.1, -0.05) is 5.16 Å². The highest BCUT2D eigenvalue weighted by molar-refractivity contribution is 6.23. The number of nitro benzene ring substituents is 1. The normalized spacial score (nSPS) is 13.1. The van der Waals surface area contributed by atoms with Crippen molar-refractivity contribution in [2.45, 2.75) is 20.8 Å². The molecule has 10 heteroatoms. The largest absolute Gasteiger partial charge is 0.360 e. The lowest BCUT2D eigenvalue weighted by Gasteiger charge is -2.12. The van der Waals surface area contributed by atoms with Crippen LogP contribution in [0.2, 0.25) is 0 Å². The first-order valence-electron chi connectivity index (χ1n) is 8.99. The van der Waals surface area contributed by atoms with E-state index in [1.165, 1.54) is 6.07 Å². The number of rotatable bonds is 5. The van der Waals surface area contributed by atoms with Crippen LogP contribution in [0.1, 0.15) is 48.2 Å². The highest BCUT2D eigenvalue weighted by Crippen LogP contribution is 2.28. The molecule has 10 nitrogen and oxygen atoms in total. The lowest BCUT2D eigenvalue weighted by molar-refractivity contribution is -0.384. The number of nitro groups is 1. The molecule has 2 amide bonds. The molecule has 0 saturated heterocycles. The van der Waals surface area contributed by atoms with Crippen LogP contribution >= 0.6 is 0 Å². The lowest BCUT2D eigenvalue weighted by atomic mass is 10.1.